The van der Waals surface area contributed by atoms with Crippen molar-refractivity contribution >= 4 is 49.3 Å². The minimum absolute atomic E-state index is 0.690. The summed E-state index contributed by atoms with van der Waals surface area (Å²) in [5.74, 6) is 0. The van der Waals surface area contributed by atoms with Crippen LogP contribution in [0.5, 0.6) is 0 Å². The van der Waals surface area contributed by atoms with Crippen molar-refractivity contribution in [3.8, 4) is 0 Å². The highest BCUT2D eigenvalue weighted by atomic mass is 32.2. The van der Waals surface area contributed by atoms with Crippen LogP contribution in [-0.4, -0.2) is 39.9 Å². The first-order chi connectivity index (χ1) is 14.2. The van der Waals surface area contributed by atoms with Gasteiger partial charge in [0.25, 0.3) is 0 Å². The van der Waals surface area contributed by atoms with Gasteiger partial charge in [0.2, 0.25) is 0 Å². The largest absolute Gasteiger partial charge is 0.361 e. The van der Waals surface area contributed by atoms with Gasteiger partial charge < -0.3 is 10.2 Å². The van der Waals surface area contributed by atoms with Gasteiger partial charge in [-0.05, 0) is 61.6 Å². The molecule has 2 heterocycles. The Kier molecular flexibility index (Phi) is 5.22. The standard InChI is InChI=1S/C23H26N4S2/c1-15-6-11-18-21(14-15)28-22(26-18)24-13-12-16-7-9-17(10-8-16)25-23-27(2)19-4-3-5-20(19)29-23/h6-11,14,19-20H,3-5,12-13H2,1-2H3,(H,24,26)/b25-23-/t19-,20?/m1/s1. The van der Waals surface area contributed by atoms with Crippen LogP contribution >= 0.6 is 23.1 Å². The number of fused-ring (bicyclic) bond motifs is 2. The smallest absolute Gasteiger partial charge is 0.183 e. The quantitative estimate of drug-likeness (QED) is 0.560. The Labute approximate surface area is 180 Å². The molecule has 4 nitrogen and oxygen atoms in total. The second kappa shape index (κ2) is 8.00. The Morgan fingerprint density at radius 3 is 2.86 bits per heavy atom. The number of hydrogen-bond acceptors (Lipinski definition) is 5. The van der Waals surface area contributed by atoms with Crippen molar-refractivity contribution in [1.29, 1.82) is 0 Å². The molecule has 5 rings (SSSR count). The van der Waals surface area contributed by atoms with E-state index >= 15 is 0 Å². The van der Waals surface area contributed by atoms with E-state index in [0.29, 0.717) is 6.04 Å². The molecule has 3 aromatic rings. The summed E-state index contributed by atoms with van der Waals surface area (Å²) in [7, 11) is 2.20. The maximum absolute atomic E-state index is 4.90. The van der Waals surface area contributed by atoms with Gasteiger partial charge in [0.05, 0.1) is 15.9 Å². The molecule has 0 spiro atoms. The molecule has 6 heteroatoms. The van der Waals surface area contributed by atoms with E-state index in [1.807, 2.05) is 11.8 Å². The summed E-state index contributed by atoms with van der Waals surface area (Å²) in [6.45, 7) is 3.00. The Morgan fingerprint density at radius 1 is 1.17 bits per heavy atom. The number of aromatic nitrogens is 1. The Bertz CT molecular complexity index is 1040. The highest BCUT2D eigenvalue weighted by Gasteiger charge is 2.39. The number of benzene rings is 2. The highest BCUT2D eigenvalue weighted by molar-refractivity contribution is 8.14. The summed E-state index contributed by atoms with van der Waals surface area (Å²) < 4.78 is 1.25. The van der Waals surface area contributed by atoms with Gasteiger partial charge in [-0.2, -0.15) is 0 Å². The summed E-state index contributed by atoms with van der Waals surface area (Å²) >= 11 is 3.69. The van der Waals surface area contributed by atoms with Crippen LogP contribution in [-0.2, 0) is 6.42 Å². The summed E-state index contributed by atoms with van der Waals surface area (Å²) in [6, 6.07) is 15.8. The molecule has 1 N–H and O–H groups in total. The topological polar surface area (TPSA) is 40.5 Å². The zero-order chi connectivity index (χ0) is 19.8. The van der Waals surface area contributed by atoms with E-state index in [4.69, 9.17) is 4.99 Å². The summed E-state index contributed by atoms with van der Waals surface area (Å²) in [4.78, 5) is 12.0. The van der Waals surface area contributed by atoms with Gasteiger partial charge in [0.15, 0.2) is 10.3 Å². The van der Waals surface area contributed by atoms with Gasteiger partial charge in [-0.1, -0.05) is 47.7 Å². The lowest BCUT2D eigenvalue weighted by molar-refractivity contribution is 0.397. The zero-order valence-corrected chi connectivity index (χ0v) is 18.5. The van der Waals surface area contributed by atoms with Crippen molar-refractivity contribution in [2.75, 3.05) is 18.9 Å². The number of hydrogen-bond donors (Lipinski definition) is 1. The van der Waals surface area contributed by atoms with E-state index in [0.717, 1.165) is 34.6 Å². The molecule has 1 aromatic heterocycles. The van der Waals surface area contributed by atoms with Crippen LogP contribution in [0.4, 0.5) is 10.8 Å². The zero-order valence-electron chi connectivity index (χ0n) is 16.9. The maximum Gasteiger partial charge on any atom is 0.183 e. The molecular weight excluding hydrogens is 396 g/mol. The predicted molar refractivity (Wildman–Crippen MR) is 127 cm³/mol. The van der Waals surface area contributed by atoms with E-state index in [9.17, 15) is 0 Å². The first-order valence-corrected chi connectivity index (χ1v) is 12.0. The van der Waals surface area contributed by atoms with Crippen LogP contribution in [0, 0.1) is 6.92 Å². The summed E-state index contributed by atoms with van der Waals surface area (Å²) in [5.41, 5.74) is 4.73. The number of aliphatic imine (C=N–C) groups is 1. The van der Waals surface area contributed by atoms with Crippen LogP contribution in [0.25, 0.3) is 10.2 Å². The SMILES string of the molecule is Cc1ccc2nc(NCCc3ccc(/N=C4\SC5CCC[C@H]5N4C)cc3)sc2c1. The van der Waals surface area contributed by atoms with Crippen molar-refractivity contribution in [3.05, 3.63) is 53.6 Å². The van der Waals surface area contributed by atoms with E-state index in [1.165, 1.54) is 40.3 Å². The number of anilines is 1. The van der Waals surface area contributed by atoms with Crippen molar-refractivity contribution in [1.82, 2.24) is 9.88 Å². The predicted octanol–water partition coefficient (Wildman–Crippen LogP) is 5.85. The van der Waals surface area contributed by atoms with Gasteiger partial charge >= 0.3 is 0 Å². The third-order valence-electron chi connectivity index (χ3n) is 5.87. The first-order valence-electron chi connectivity index (χ1n) is 10.3. The Balaban J connectivity index is 1.18. The number of aryl methyl sites for hydroxylation is 1. The van der Waals surface area contributed by atoms with Gasteiger partial charge in [0, 0.05) is 24.9 Å². The van der Waals surface area contributed by atoms with Crippen molar-refractivity contribution in [2.24, 2.45) is 4.99 Å². The molecule has 150 valence electrons. The fourth-order valence-corrected chi connectivity index (χ4v) is 6.70. The third kappa shape index (κ3) is 4.01. The molecule has 2 atom stereocenters. The van der Waals surface area contributed by atoms with E-state index in [-0.39, 0.29) is 0 Å². The normalized spacial score (nSPS) is 22.6. The van der Waals surface area contributed by atoms with Gasteiger partial charge in [-0.3, -0.25) is 0 Å². The summed E-state index contributed by atoms with van der Waals surface area (Å²) in [5, 5.41) is 6.40. The van der Waals surface area contributed by atoms with E-state index in [1.54, 1.807) is 11.3 Å². The van der Waals surface area contributed by atoms with E-state index in [2.05, 4.69) is 71.6 Å². The fourth-order valence-electron chi connectivity index (χ4n) is 4.22. The highest BCUT2D eigenvalue weighted by Crippen LogP contribution is 2.41. The average Bonchev–Trinajstić information content (AvgIpc) is 3.40. The summed E-state index contributed by atoms with van der Waals surface area (Å²) in [6.07, 6.45) is 4.98. The molecule has 29 heavy (non-hydrogen) atoms. The van der Waals surface area contributed by atoms with Crippen LogP contribution in [0.3, 0.4) is 0 Å². The van der Waals surface area contributed by atoms with Gasteiger partial charge in [-0.15, -0.1) is 0 Å². The van der Waals surface area contributed by atoms with Crippen LogP contribution < -0.4 is 5.32 Å². The van der Waals surface area contributed by atoms with Crippen LogP contribution in [0.2, 0.25) is 0 Å². The molecule has 1 saturated heterocycles. The Hall–Kier alpha value is -2.05. The molecule has 1 aliphatic heterocycles. The minimum atomic E-state index is 0.690. The monoisotopic (exact) mass is 422 g/mol. The molecule has 2 aromatic carbocycles. The van der Waals surface area contributed by atoms with Crippen LogP contribution in [0.1, 0.15) is 30.4 Å². The minimum Gasteiger partial charge on any atom is -0.361 e. The lowest BCUT2D eigenvalue weighted by atomic mass is 10.1. The lowest BCUT2D eigenvalue weighted by Gasteiger charge is -2.19. The number of nitrogens with one attached hydrogen (secondary N) is 1. The van der Waals surface area contributed by atoms with Gasteiger partial charge in [0.1, 0.15) is 0 Å². The number of thiazole rings is 1. The molecule has 2 aliphatic rings. The Morgan fingerprint density at radius 2 is 2.03 bits per heavy atom. The molecule has 1 saturated carbocycles. The van der Waals surface area contributed by atoms with Crippen molar-refractivity contribution in [3.63, 3.8) is 0 Å². The number of nitrogens with zero attached hydrogens (tertiary/aromatic N) is 3. The van der Waals surface area contributed by atoms with Crippen LogP contribution in [0.15, 0.2) is 47.5 Å². The van der Waals surface area contributed by atoms with Crippen molar-refractivity contribution < 1.29 is 0 Å². The molecule has 1 aliphatic carbocycles. The van der Waals surface area contributed by atoms with Gasteiger partial charge in [-0.25, -0.2) is 9.98 Å². The molecule has 0 amide bonds. The number of thioether (sulfide) groups is 1. The second-order valence-corrected chi connectivity index (χ2v) is 10.2. The molecule has 0 bridgehead atoms. The first kappa shape index (κ1) is 18.9. The molecule has 0 radical (unpaired) electrons. The molecular formula is C23H26N4S2. The number of amidine groups is 1. The average molecular weight is 423 g/mol. The fraction of sp³-hybridized carbons (Fsp3) is 0.391. The second-order valence-electron chi connectivity index (χ2n) is 7.99. The molecule has 1 unspecified atom stereocenters. The van der Waals surface area contributed by atoms with Crippen molar-refractivity contribution in [2.45, 2.75) is 43.9 Å². The lowest BCUT2D eigenvalue weighted by Crippen LogP contribution is -2.30. The number of rotatable bonds is 5. The van der Waals surface area contributed by atoms with E-state index < -0.39 is 0 Å². The third-order valence-corrected chi connectivity index (χ3v) is 8.29. The molecule has 2 fully saturated rings. The maximum atomic E-state index is 4.90.